The van der Waals surface area contributed by atoms with Crippen LogP contribution >= 0.6 is 0 Å². The van der Waals surface area contributed by atoms with Crippen LogP contribution in [-0.4, -0.2) is 62.4 Å². The standard InChI is InChI=1S/C21H22FN7O/c1-14-13-30-11-10-29(14)19-12-16(17-4-8-28(27-17)9-5-22)15-2-6-23-21(20(15)25-19)18-3-7-24-26-18/h2-4,6-8,12,14H,5,9-11,13H2,1H3,(H,24,26). The molecule has 154 valence electrons. The number of ether oxygens (including phenoxy) is 1. The molecule has 1 saturated heterocycles. The Kier molecular flexibility index (Phi) is 4.88. The van der Waals surface area contributed by atoms with Crippen molar-refractivity contribution in [2.75, 3.05) is 31.3 Å². The van der Waals surface area contributed by atoms with Gasteiger partial charge in [-0.25, -0.2) is 9.37 Å². The van der Waals surface area contributed by atoms with Gasteiger partial charge in [0, 0.05) is 36.1 Å². The average molecular weight is 407 g/mol. The first kappa shape index (κ1) is 18.7. The van der Waals surface area contributed by atoms with E-state index in [0.717, 1.165) is 45.9 Å². The lowest BCUT2D eigenvalue weighted by Gasteiger charge is -2.34. The number of nitrogens with one attached hydrogen (secondary N) is 1. The summed E-state index contributed by atoms with van der Waals surface area (Å²) in [4.78, 5) is 11.8. The molecule has 1 aliphatic rings. The van der Waals surface area contributed by atoms with Crippen LogP contribution in [0.25, 0.3) is 33.5 Å². The normalized spacial score (nSPS) is 17.0. The molecule has 4 aromatic rings. The van der Waals surface area contributed by atoms with E-state index in [0.29, 0.717) is 13.2 Å². The second-order valence-electron chi connectivity index (χ2n) is 7.32. The van der Waals surface area contributed by atoms with Crippen LogP contribution in [0.3, 0.4) is 0 Å². The second-order valence-corrected chi connectivity index (χ2v) is 7.32. The van der Waals surface area contributed by atoms with Crippen LogP contribution in [0.2, 0.25) is 0 Å². The lowest BCUT2D eigenvalue weighted by Crippen LogP contribution is -2.44. The molecule has 0 aromatic carbocycles. The van der Waals surface area contributed by atoms with Crippen molar-refractivity contribution < 1.29 is 9.13 Å². The number of rotatable bonds is 5. The van der Waals surface area contributed by atoms with Crippen LogP contribution in [0.5, 0.6) is 0 Å². The number of hydrogen-bond acceptors (Lipinski definition) is 6. The van der Waals surface area contributed by atoms with E-state index in [1.807, 2.05) is 18.2 Å². The first-order valence-corrected chi connectivity index (χ1v) is 9.98. The summed E-state index contributed by atoms with van der Waals surface area (Å²) < 4.78 is 20.0. The van der Waals surface area contributed by atoms with Gasteiger partial charge in [0.1, 0.15) is 23.7 Å². The van der Waals surface area contributed by atoms with Crippen molar-refractivity contribution in [2.45, 2.75) is 19.5 Å². The molecule has 1 unspecified atom stereocenters. The SMILES string of the molecule is CC1COCCN1c1cc(-c2ccn(CCF)n2)c2ccnc(-c3ccn[nH]3)c2n1. The summed E-state index contributed by atoms with van der Waals surface area (Å²) >= 11 is 0. The molecule has 1 aliphatic heterocycles. The largest absolute Gasteiger partial charge is 0.377 e. The third-order valence-electron chi connectivity index (χ3n) is 5.36. The molecule has 5 heterocycles. The third kappa shape index (κ3) is 3.30. The first-order valence-electron chi connectivity index (χ1n) is 9.98. The smallest absolute Gasteiger partial charge is 0.130 e. The van der Waals surface area contributed by atoms with Gasteiger partial charge >= 0.3 is 0 Å². The molecule has 1 fully saturated rings. The number of aromatic nitrogens is 6. The monoisotopic (exact) mass is 407 g/mol. The van der Waals surface area contributed by atoms with Gasteiger partial charge in [0.2, 0.25) is 0 Å². The van der Waals surface area contributed by atoms with Gasteiger partial charge in [-0.1, -0.05) is 0 Å². The Bertz CT molecular complexity index is 1160. The van der Waals surface area contributed by atoms with E-state index in [4.69, 9.17) is 9.72 Å². The molecule has 0 radical (unpaired) electrons. The molecule has 30 heavy (non-hydrogen) atoms. The maximum Gasteiger partial charge on any atom is 0.130 e. The number of aryl methyl sites for hydroxylation is 1. The molecule has 8 nitrogen and oxygen atoms in total. The number of anilines is 1. The van der Waals surface area contributed by atoms with Crippen LogP contribution in [-0.2, 0) is 11.3 Å². The molecule has 0 amide bonds. The summed E-state index contributed by atoms with van der Waals surface area (Å²) in [6.45, 7) is 3.97. The lowest BCUT2D eigenvalue weighted by atomic mass is 10.0. The van der Waals surface area contributed by atoms with Crippen LogP contribution in [0.15, 0.2) is 42.9 Å². The summed E-state index contributed by atoms with van der Waals surface area (Å²) in [6, 6.07) is 7.99. The molecule has 4 aromatic heterocycles. The number of aromatic amines is 1. The topological polar surface area (TPSA) is 84.8 Å². The van der Waals surface area contributed by atoms with Crippen molar-refractivity contribution in [2.24, 2.45) is 0 Å². The van der Waals surface area contributed by atoms with Gasteiger partial charge in [-0.15, -0.1) is 0 Å². The molecule has 9 heteroatoms. The molecule has 5 rings (SSSR count). The fourth-order valence-electron chi connectivity index (χ4n) is 3.87. The molecule has 1 N–H and O–H groups in total. The average Bonchev–Trinajstić information content (AvgIpc) is 3.46. The van der Waals surface area contributed by atoms with Gasteiger partial charge in [0.25, 0.3) is 0 Å². The van der Waals surface area contributed by atoms with Crippen LogP contribution in [0.1, 0.15) is 6.92 Å². The van der Waals surface area contributed by atoms with E-state index in [-0.39, 0.29) is 12.6 Å². The van der Waals surface area contributed by atoms with Gasteiger partial charge < -0.3 is 9.64 Å². The molecular weight excluding hydrogens is 385 g/mol. The fraction of sp³-hybridized carbons (Fsp3) is 0.333. The van der Waals surface area contributed by atoms with Crippen LogP contribution < -0.4 is 4.90 Å². The zero-order chi connectivity index (χ0) is 20.5. The Labute approximate surface area is 172 Å². The number of H-pyrrole nitrogens is 1. The van der Waals surface area contributed by atoms with E-state index in [2.05, 4.69) is 38.2 Å². The van der Waals surface area contributed by atoms with Gasteiger partial charge in [0.05, 0.1) is 37.2 Å². The minimum absolute atomic E-state index is 0.202. The summed E-state index contributed by atoms with van der Waals surface area (Å²) in [7, 11) is 0. The van der Waals surface area contributed by atoms with Gasteiger partial charge in [-0.2, -0.15) is 10.2 Å². The van der Waals surface area contributed by atoms with Crippen molar-refractivity contribution in [1.82, 2.24) is 29.9 Å². The first-order chi connectivity index (χ1) is 14.7. The Morgan fingerprint density at radius 3 is 3.00 bits per heavy atom. The van der Waals surface area contributed by atoms with E-state index in [9.17, 15) is 4.39 Å². The second kappa shape index (κ2) is 7.83. The minimum Gasteiger partial charge on any atom is -0.377 e. The van der Waals surface area contributed by atoms with E-state index in [1.54, 1.807) is 23.3 Å². The highest BCUT2D eigenvalue weighted by Gasteiger charge is 2.23. The Morgan fingerprint density at radius 2 is 2.20 bits per heavy atom. The van der Waals surface area contributed by atoms with E-state index < -0.39 is 6.67 Å². The number of halogens is 1. The van der Waals surface area contributed by atoms with Gasteiger partial charge in [0.15, 0.2) is 0 Å². The summed E-state index contributed by atoms with van der Waals surface area (Å²) in [5.41, 5.74) is 4.02. The van der Waals surface area contributed by atoms with Gasteiger partial charge in [-0.3, -0.25) is 14.8 Å². The highest BCUT2D eigenvalue weighted by molar-refractivity contribution is 6.00. The number of hydrogen-bond donors (Lipinski definition) is 1. The number of fused-ring (bicyclic) bond motifs is 1. The maximum absolute atomic E-state index is 12.8. The van der Waals surface area contributed by atoms with Crippen molar-refractivity contribution in [3.8, 4) is 22.6 Å². The zero-order valence-corrected chi connectivity index (χ0v) is 16.6. The van der Waals surface area contributed by atoms with Crippen molar-refractivity contribution in [1.29, 1.82) is 0 Å². The fourth-order valence-corrected chi connectivity index (χ4v) is 3.87. The zero-order valence-electron chi connectivity index (χ0n) is 16.6. The number of nitrogens with zero attached hydrogens (tertiary/aromatic N) is 6. The minimum atomic E-state index is -0.456. The predicted molar refractivity (Wildman–Crippen MR) is 112 cm³/mol. The Balaban J connectivity index is 1.73. The molecular formula is C21H22FN7O. The highest BCUT2D eigenvalue weighted by Crippen LogP contribution is 2.34. The molecule has 1 atom stereocenters. The van der Waals surface area contributed by atoms with Crippen LogP contribution in [0.4, 0.5) is 10.2 Å². The summed E-state index contributed by atoms with van der Waals surface area (Å²) in [5, 5.41) is 12.6. The molecule has 0 saturated carbocycles. The third-order valence-corrected chi connectivity index (χ3v) is 5.36. The highest BCUT2D eigenvalue weighted by atomic mass is 19.1. The quantitative estimate of drug-likeness (QED) is 0.547. The molecule has 0 bridgehead atoms. The Morgan fingerprint density at radius 1 is 1.27 bits per heavy atom. The molecule has 0 aliphatic carbocycles. The van der Waals surface area contributed by atoms with Crippen molar-refractivity contribution in [3.05, 3.63) is 42.9 Å². The maximum atomic E-state index is 12.8. The molecule has 0 spiro atoms. The van der Waals surface area contributed by atoms with Crippen LogP contribution in [0, 0.1) is 0 Å². The summed E-state index contributed by atoms with van der Waals surface area (Å²) in [5.74, 6) is 0.849. The van der Waals surface area contributed by atoms with Crippen molar-refractivity contribution in [3.63, 3.8) is 0 Å². The lowest BCUT2D eigenvalue weighted by molar-refractivity contribution is 0.0986. The Hall–Kier alpha value is -3.33. The van der Waals surface area contributed by atoms with E-state index in [1.165, 1.54) is 0 Å². The summed E-state index contributed by atoms with van der Waals surface area (Å²) in [6.07, 6.45) is 5.26. The number of morpholine rings is 1. The number of alkyl halides is 1. The number of pyridine rings is 2. The van der Waals surface area contributed by atoms with E-state index >= 15 is 0 Å². The van der Waals surface area contributed by atoms with Crippen molar-refractivity contribution >= 4 is 16.7 Å². The van der Waals surface area contributed by atoms with Gasteiger partial charge in [-0.05, 0) is 31.2 Å². The predicted octanol–water partition coefficient (Wildman–Crippen LogP) is 3.08.